The first-order chi connectivity index (χ1) is 14.2. The molecule has 1 saturated heterocycles. The van der Waals surface area contributed by atoms with E-state index in [4.69, 9.17) is 9.73 Å². The lowest BCUT2D eigenvalue weighted by Gasteiger charge is -2.39. The summed E-state index contributed by atoms with van der Waals surface area (Å²) in [5, 5.41) is 3.46. The summed E-state index contributed by atoms with van der Waals surface area (Å²) in [7, 11) is 0. The van der Waals surface area contributed by atoms with Crippen molar-refractivity contribution in [3.63, 3.8) is 0 Å². The number of piperidine rings is 1. The van der Waals surface area contributed by atoms with Crippen LogP contribution in [0.5, 0.6) is 5.88 Å². The van der Waals surface area contributed by atoms with Crippen LogP contribution in [0.3, 0.4) is 0 Å². The van der Waals surface area contributed by atoms with Gasteiger partial charge in [-0.15, -0.1) is 24.0 Å². The molecule has 2 unspecified atom stereocenters. The van der Waals surface area contributed by atoms with Crippen molar-refractivity contribution in [3.05, 3.63) is 42.6 Å². The maximum absolute atomic E-state index is 5.87. The minimum atomic E-state index is 0. The first-order valence-electron chi connectivity index (χ1n) is 10.8. The van der Waals surface area contributed by atoms with Crippen molar-refractivity contribution < 1.29 is 4.74 Å². The predicted molar refractivity (Wildman–Crippen MR) is 131 cm³/mol. The number of halogens is 1. The third-order valence-electron chi connectivity index (χ3n) is 5.45. The fourth-order valence-electron chi connectivity index (χ4n) is 3.67. The first-order valence-corrected chi connectivity index (χ1v) is 10.8. The van der Waals surface area contributed by atoms with E-state index in [9.17, 15) is 0 Å². The SMILES string of the molecule is CCCCOc1ncccc1CN=C(NCC)N1CCC(C)C(n2ccnc2)C1.I. The summed E-state index contributed by atoms with van der Waals surface area (Å²) < 4.78 is 8.09. The third kappa shape index (κ3) is 6.58. The Kier molecular flexibility index (Phi) is 10.4. The average molecular weight is 526 g/mol. The number of rotatable bonds is 8. The Morgan fingerprint density at radius 3 is 2.93 bits per heavy atom. The number of hydrogen-bond donors (Lipinski definition) is 1. The van der Waals surface area contributed by atoms with Gasteiger partial charge in [0.15, 0.2) is 5.96 Å². The Hall–Kier alpha value is -1.84. The molecular weight excluding hydrogens is 491 g/mol. The lowest BCUT2D eigenvalue weighted by molar-refractivity contribution is 0.189. The summed E-state index contributed by atoms with van der Waals surface area (Å²) >= 11 is 0. The number of guanidine groups is 1. The van der Waals surface area contributed by atoms with Crippen molar-refractivity contribution in [1.29, 1.82) is 0 Å². The third-order valence-corrected chi connectivity index (χ3v) is 5.45. The van der Waals surface area contributed by atoms with Gasteiger partial charge in [-0.05, 0) is 31.7 Å². The Morgan fingerprint density at radius 2 is 2.20 bits per heavy atom. The number of unbranched alkanes of at least 4 members (excludes halogenated alkanes) is 1. The van der Waals surface area contributed by atoms with Gasteiger partial charge in [0.05, 0.1) is 25.5 Å². The van der Waals surface area contributed by atoms with Gasteiger partial charge in [-0.25, -0.2) is 15.0 Å². The second-order valence-electron chi connectivity index (χ2n) is 7.63. The first kappa shape index (κ1) is 24.4. The van der Waals surface area contributed by atoms with Gasteiger partial charge in [0.1, 0.15) is 0 Å². The monoisotopic (exact) mass is 526 g/mol. The van der Waals surface area contributed by atoms with Crippen LogP contribution in [0.15, 0.2) is 42.0 Å². The van der Waals surface area contributed by atoms with Crippen molar-refractivity contribution in [2.75, 3.05) is 26.2 Å². The Morgan fingerprint density at radius 1 is 1.33 bits per heavy atom. The molecule has 0 amide bonds. The largest absolute Gasteiger partial charge is 0.477 e. The second kappa shape index (κ2) is 12.8. The molecule has 1 N–H and O–H groups in total. The molecular formula is C22H35IN6O. The van der Waals surface area contributed by atoms with Gasteiger partial charge >= 0.3 is 0 Å². The van der Waals surface area contributed by atoms with Crippen molar-refractivity contribution in [2.45, 2.75) is 52.6 Å². The fraction of sp³-hybridized carbons (Fsp3) is 0.591. The van der Waals surface area contributed by atoms with Crippen molar-refractivity contribution in [1.82, 2.24) is 24.8 Å². The van der Waals surface area contributed by atoms with Crippen LogP contribution in [0.1, 0.15) is 51.6 Å². The van der Waals surface area contributed by atoms with Gasteiger partial charge in [-0.3, -0.25) is 0 Å². The highest BCUT2D eigenvalue weighted by Crippen LogP contribution is 2.27. The Bertz CT molecular complexity index is 767. The highest BCUT2D eigenvalue weighted by molar-refractivity contribution is 14.0. The zero-order valence-corrected chi connectivity index (χ0v) is 20.7. The molecule has 3 rings (SSSR count). The molecule has 1 aliphatic rings. The maximum atomic E-state index is 5.87. The van der Waals surface area contributed by atoms with E-state index in [2.05, 4.69) is 51.7 Å². The molecule has 8 heteroatoms. The summed E-state index contributed by atoms with van der Waals surface area (Å²) in [6, 6.07) is 4.40. The number of likely N-dealkylation sites (tertiary alicyclic amines) is 1. The van der Waals surface area contributed by atoms with Crippen LogP contribution in [0.2, 0.25) is 0 Å². The number of imidazole rings is 1. The molecule has 1 fully saturated rings. The summed E-state index contributed by atoms with van der Waals surface area (Å²) in [5.41, 5.74) is 1.02. The molecule has 2 aromatic rings. The number of aromatic nitrogens is 3. The molecule has 0 spiro atoms. The highest BCUT2D eigenvalue weighted by atomic mass is 127. The summed E-state index contributed by atoms with van der Waals surface area (Å²) in [6.45, 7) is 10.6. The highest BCUT2D eigenvalue weighted by Gasteiger charge is 2.28. The van der Waals surface area contributed by atoms with Gasteiger partial charge < -0.3 is 19.5 Å². The van der Waals surface area contributed by atoms with Crippen LogP contribution in [-0.4, -0.2) is 51.6 Å². The molecule has 7 nitrogen and oxygen atoms in total. The van der Waals surface area contributed by atoms with E-state index in [1.807, 2.05) is 24.7 Å². The molecule has 0 radical (unpaired) electrons. The average Bonchev–Trinajstić information content (AvgIpc) is 3.27. The van der Waals surface area contributed by atoms with Crippen LogP contribution < -0.4 is 10.1 Å². The van der Waals surface area contributed by atoms with Crippen molar-refractivity contribution in [3.8, 4) is 5.88 Å². The number of hydrogen-bond acceptors (Lipinski definition) is 4. The molecule has 3 heterocycles. The number of ether oxygens (including phenoxy) is 1. The Labute approximate surface area is 197 Å². The van der Waals surface area contributed by atoms with Gasteiger partial charge in [0.25, 0.3) is 0 Å². The van der Waals surface area contributed by atoms with E-state index >= 15 is 0 Å². The van der Waals surface area contributed by atoms with Crippen LogP contribution in [0, 0.1) is 5.92 Å². The van der Waals surface area contributed by atoms with Gasteiger partial charge in [0.2, 0.25) is 5.88 Å². The zero-order valence-electron chi connectivity index (χ0n) is 18.3. The second-order valence-corrected chi connectivity index (χ2v) is 7.63. The normalized spacial score (nSPS) is 19.3. The quantitative estimate of drug-likeness (QED) is 0.243. The fourth-order valence-corrected chi connectivity index (χ4v) is 3.67. The smallest absolute Gasteiger partial charge is 0.218 e. The Balaban J connectivity index is 0.00000320. The summed E-state index contributed by atoms with van der Waals surface area (Å²) in [4.78, 5) is 15.9. The van der Waals surface area contributed by atoms with Gasteiger partial charge in [-0.1, -0.05) is 26.3 Å². The molecule has 0 bridgehead atoms. The molecule has 0 saturated carbocycles. The minimum absolute atomic E-state index is 0. The van der Waals surface area contributed by atoms with Crippen LogP contribution in [-0.2, 0) is 6.54 Å². The molecule has 0 aliphatic carbocycles. The predicted octanol–water partition coefficient (Wildman–Crippen LogP) is 4.12. The number of pyridine rings is 1. The summed E-state index contributed by atoms with van der Waals surface area (Å²) in [6.07, 6.45) is 10.9. The molecule has 166 valence electrons. The minimum Gasteiger partial charge on any atom is -0.477 e. The van der Waals surface area contributed by atoms with E-state index in [0.717, 1.165) is 50.4 Å². The number of nitrogens with zero attached hydrogens (tertiary/aromatic N) is 5. The maximum Gasteiger partial charge on any atom is 0.218 e. The van der Waals surface area contributed by atoms with Gasteiger partial charge in [-0.2, -0.15) is 0 Å². The van der Waals surface area contributed by atoms with E-state index in [1.165, 1.54) is 0 Å². The number of nitrogens with one attached hydrogen (secondary N) is 1. The molecule has 0 aromatic carbocycles. The van der Waals surface area contributed by atoms with Crippen LogP contribution in [0.4, 0.5) is 0 Å². The zero-order chi connectivity index (χ0) is 20.5. The van der Waals surface area contributed by atoms with Crippen molar-refractivity contribution in [2.24, 2.45) is 10.9 Å². The van der Waals surface area contributed by atoms with E-state index in [0.29, 0.717) is 31.0 Å². The van der Waals surface area contributed by atoms with Crippen molar-refractivity contribution >= 4 is 29.9 Å². The molecule has 2 aromatic heterocycles. The molecule has 1 aliphatic heterocycles. The number of aliphatic imine (C=N–C) groups is 1. The van der Waals surface area contributed by atoms with E-state index in [-0.39, 0.29) is 24.0 Å². The molecule has 30 heavy (non-hydrogen) atoms. The van der Waals surface area contributed by atoms with Crippen LogP contribution >= 0.6 is 24.0 Å². The van der Waals surface area contributed by atoms with Crippen LogP contribution in [0.25, 0.3) is 0 Å². The topological polar surface area (TPSA) is 67.6 Å². The lowest BCUT2D eigenvalue weighted by atomic mass is 9.93. The lowest BCUT2D eigenvalue weighted by Crippen LogP contribution is -2.49. The molecule has 2 atom stereocenters. The van der Waals surface area contributed by atoms with E-state index < -0.39 is 0 Å². The standard InChI is InChI=1S/C22H34N6O.HI/c1-4-6-14-29-21-19(8-7-10-25-21)15-26-22(24-5-2)27-12-9-18(3)20(16-27)28-13-11-23-17-28;/h7-8,10-11,13,17-18,20H,4-6,9,12,14-16H2,1-3H3,(H,24,26);1H. The summed E-state index contributed by atoms with van der Waals surface area (Å²) in [5.74, 6) is 2.26. The van der Waals surface area contributed by atoms with Gasteiger partial charge in [0, 0.05) is 43.8 Å². The van der Waals surface area contributed by atoms with E-state index in [1.54, 1.807) is 6.20 Å².